The summed E-state index contributed by atoms with van der Waals surface area (Å²) >= 11 is 6.07. The summed E-state index contributed by atoms with van der Waals surface area (Å²) in [4.78, 5) is 0. The minimum Gasteiger partial charge on any atom is -0.384 e. The molecule has 1 unspecified atom stereocenters. The van der Waals surface area contributed by atoms with Crippen molar-refractivity contribution in [2.45, 2.75) is 19.4 Å². The van der Waals surface area contributed by atoms with Gasteiger partial charge in [-0.3, -0.25) is 0 Å². The maximum atomic E-state index is 10.3. The van der Waals surface area contributed by atoms with Gasteiger partial charge in [0.2, 0.25) is 0 Å². The van der Waals surface area contributed by atoms with E-state index in [1.807, 2.05) is 42.5 Å². The van der Waals surface area contributed by atoms with Gasteiger partial charge < -0.3 is 5.11 Å². The topological polar surface area (TPSA) is 20.2 Å². The third kappa shape index (κ3) is 2.68. The Hall–Kier alpha value is -1.31. The Labute approximate surface area is 107 Å². The molecule has 0 aliphatic rings. The number of aliphatic hydroxyl groups is 1. The number of halogens is 1. The van der Waals surface area contributed by atoms with Gasteiger partial charge in [0.25, 0.3) is 0 Å². The molecule has 2 rings (SSSR count). The molecule has 1 nitrogen and oxygen atoms in total. The minimum absolute atomic E-state index is 0.597. The Balaban J connectivity index is 2.30. The van der Waals surface area contributed by atoms with Gasteiger partial charge in [-0.25, -0.2) is 0 Å². The second-order valence-electron chi connectivity index (χ2n) is 4.02. The van der Waals surface area contributed by atoms with Crippen LogP contribution in [-0.4, -0.2) is 5.11 Å². The van der Waals surface area contributed by atoms with Crippen molar-refractivity contribution in [3.63, 3.8) is 0 Å². The predicted molar refractivity (Wildman–Crippen MR) is 71.3 cm³/mol. The van der Waals surface area contributed by atoms with E-state index in [0.29, 0.717) is 5.02 Å². The van der Waals surface area contributed by atoms with Crippen LogP contribution in [0, 0.1) is 0 Å². The molecule has 2 aromatic carbocycles. The molecule has 2 aromatic rings. The van der Waals surface area contributed by atoms with Crippen LogP contribution in [0.2, 0.25) is 5.02 Å². The highest BCUT2D eigenvalue weighted by atomic mass is 35.5. The zero-order valence-corrected chi connectivity index (χ0v) is 10.5. The van der Waals surface area contributed by atoms with Crippen molar-refractivity contribution < 1.29 is 5.11 Å². The molecule has 1 atom stereocenters. The van der Waals surface area contributed by atoms with Crippen LogP contribution < -0.4 is 0 Å². The molecule has 1 N–H and O–H groups in total. The lowest BCUT2D eigenvalue weighted by Gasteiger charge is -2.13. The van der Waals surface area contributed by atoms with E-state index in [0.717, 1.165) is 17.5 Å². The molecule has 0 saturated heterocycles. The lowest BCUT2D eigenvalue weighted by Crippen LogP contribution is -2.00. The summed E-state index contributed by atoms with van der Waals surface area (Å²) in [6.45, 7) is 2.11. The highest BCUT2D eigenvalue weighted by Gasteiger charge is 2.12. The van der Waals surface area contributed by atoms with Gasteiger partial charge in [-0.05, 0) is 23.6 Å². The van der Waals surface area contributed by atoms with E-state index in [1.54, 1.807) is 6.07 Å². The van der Waals surface area contributed by atoms with Crippen molar-refractivity contribution in [2.24, 2.45) is 0 Å². The number of rotatable bonds is 3. The third-order valence-corrected chi connectivity index (χ3v) is 3.25. The largest absolute Gasteiger partial charge is 0.384 e. The van der Waals surface area contributed by atoms with E-state index in [9.17, 15) is 5.11 Å². The first-order chi connectivity index (χ1) is 8.22. The number of hydrogen-bond acceptors (Lipinski definition) is 1. The Kier molecular flexibility index (Phi) is 3.82. The molecule has 2 heteroatoms. The fourth-order valence-electron chi connectivity index (χ4n) is 1.81. The molecular formula is C15H15ClO. The van der Waals surface area contributed by atoms with Crippen molar-refractivity contribution in [2.75, 3.05) is 0 Å². The van der Waals surface area contributed by atoms with Crippen LogP contribution in [-0.2, 0) is 6.42 Å². The highest BCUT2D eigenvalue weighted by Crippen LogP contribution is 2.28. The molecule has 0 aromatic heterocycles. The standard InChI is InChI=1S/C15H15ClO/c1-2-11-7-9-12(10-8-11)15(17)13-5-3-4-6-14(13)16/h3-10,15,17H,2H2,1H3. The van der Waals surface area contributed by atoms with Crippen LogP contribution in [0.1, 0.15) is 29.7 Å². The minimum atomic E-state index is -0.658. The molecule has 17 heavy (non-hydrogen) atoms. The monoisotopic (exact) mass is 246 g/mol. The molecule has 0 bridgehead atoms. The zero-order valence-electron chi connectivity index (χ0n) is 9.73. The number of benzene rings is 2. The van der Waals surface area contributed by atoms with Gasteiger partial charge in [-0.2, -0.15) is 0 Å². The van der Waals surface area contributed by atoms with E-state index in [1.165, 1.54) is 5.56 Å². The number of aliphatic hydroxyl groups excluding tert-OH is 1. The van der Waals surface area contributed by atoms with E-state index in [2.05, 4.69) is 6.92 Å². The maximum Gasteiger partial charge on any atom is 0.105 e. The molecule has 0 amide bonds. The van der Waals surface area contributed by atoms with Gasteiger partial charge in [0.05, 0.1) is 0 Å². The molecule has 0 fully saturated rings. The van der Waals surface area contributed by atoms with Crippen LogP contribution in [0.15, 0.2) is 48.5 Å². The van der Waals surface area contributed by atoms with Crippen molar-refractivity contribution in [3.8, 4) is 0 Å². The predicted octanol–water partition coefficient (Wildman–Crippen LogP) is 3.98. The summed E-state index contributed by atoms with van der Waals surface area (Å²) in [5.41, 5.74) is 2.88. The fraction of sp³-hybridized carbons (Fsp3) is 0.200. The summed E-state index contributed by atoms with van der Waals surface area (Å²) < 4.78 is 0. The Morgan fingerprint density at radius 1 is 1.06 bits per heavy atom. The lowest BCUT2D eigenvalue weighted by atomic mass is 10.00. The van der Waals surface area contributed by atoms with E-state index >= 15 is 0 Å². The highest BCUT2D eigenvalue weighted by molar-refractivity contribution is 6.31. The average molecular weight is 247 g/mol. The second kappa shape index (κ2) is 5.35. The SMILES string of the molecule is CCc1ccc(C(O)c2ccccc2Cl)cc1. The van der Waals surface area contributed by atoms with Crippen LogP contribution >= 0.6 is 11.6 Å². The summed E-state index contributed by atoms with van der Waals surface area (Å²) in [6, 6.07) is 15.4. The van der Waals surface area contributed by atoms with Gasteiger partial charge in [-0.15, -0.1) is 0 Å². The Bertz CT molecular complexity index is 491. The summed E-state index contributed by atoms with van der Waals surface area (Å²) in [5, 5.41) is 10.8. The summed E-state index contributed by atoms with van der Waals surface area (Å²) in [7, 11) is 0. The van der Waals surface area contributed by atoms with Gasteiger partial charge in [0, 0.05) is 10.6 Å². The first-order valence-electron chi connectivity index (χ1n) is 5.73. The average Bonchev–Trinajstić information content (AvgIpc) is 2.39. The maximum absolute atomic E-state index is 10.3. The number of aryl methyl sites for hydroxylation is 1. The van der Waals surface area contributed by atoms with E-state index in [-0.39, 0.29) is 0 Å². The first-order valence-corrected chi connectivity index (χ1v) is 6.11. The van der Waals surface area contributed by atoms with Crippen LogP contribution in [0.25, 0.3) is 0 Å². The Morgan fingerprint density at radius 3 is 2.29 bits per heavy atom. The third-order valence-electron chi connectivity index (χ3n) is 2.90. The van der Waals surface area contributed by atoms with Crippen LogP contribution in [0.3, 0.4) is 0 Å². The quantitative estimate of drug-likeness (QED) is 0.869. The first kappa shape index (κ1) is 12.2. The van der Waals surface area contributed by atoms with Crippen molar-refractivity contribution in [1.29, 1.82) is 0 Å². The van der Waals surface area contributed by atoms with Crippen molar-refractivity contribution in [3.05, 3.63) is 70.2 Å². The van der Waals surface area contributed by atoms with Gasteiger partial charge >= 0.3 is 0 Å². The normalized spacial score (nSPS) is 12.4. The number of hydrogen-bond donors (Lipinski definition) is 1. The molecule has 0 heterocycles. The summed E-state index contributed by atoms with van der Waals surface area (Å²) in [5.74, 6) is 0. The summed E-state index contributed by atoms with van der Waals surface area (Å²) in [6.07, 6.45) is 0.345. The molecule has 0 aliphatic heterocycles. The Morgan fingerprint density at radius 2 is 1.71 bits per heavy atom. The second-order valence-corrected chi connectivity index (χ2v) is 4.43. The lowest BCUT2D eigenvalue weighted by molar-refractivity contribution is 0.220. The van der Waals surface area contributed by atoms with Crippen molar-refractivity contribution >= 4 is 11.6 Å². The fourth-order valence-corrected chi connectivity index (χ4v) is 2.05. The van der Waals surface area contributed by atoms with Crippen LogP contribution in [0.5, 0.6) is 0 Å². The molecule has 0 radical (unpaired) electrons. The smallest absolute Gasteiger partial charge is 0.105 e. The van der Waals surface area contributed by atoms with Crippen LogP contribution in [0.4, 0.5) is 0 Å². The molecular weight excluding hydrogens is 232 g/mol. The molecule has 88 valence electrons. The van der Waals surface area contributed by atoms with E-state index < -0.39 is 6.10 Å². The van der Waals surface area contributed by atoms with Gasteiger partial charge in [-0.1, -0.05) is 61.0 Å². The molecule has 0 aliphatic carbocycles. The van der Waals surface area contributed by atoms with E-state index in [4.69, 9.17) is 11.6 Å². The van der Waals surface area contributed by atoms with Gasteiger partial charge in [0.1, 0.15) is 6.10 Å². The van der Waals surface area contributed by atoms with Crippen molar-refractivity contribution in [1.82, 2.24) is 0 Å². The molecule has 0 saturated carbocycles. The molecule has 0 spiro atoms. The zero-order chi connectivity index (χ0) is 12.3. The van der Waals surface area contributed by atoms with Gasteiger partial charge in [0.15, 0.2) is 0 Å².